The molecule has 1 amide bonds. The van der Waals surface area contributed by atoms with Crippen LogP contribution in [0.3, 0.4) is 0 Å². The fourth-order valence-corrected chi connectivity index (χ4v) is 2.39. The van der Waals surface area contributed by atoms with Gasteiger partial charge in [-0.15, -0.1) is 0 Å². The van der Waals surface area contributed by atoms with Crippen LogP contribution in [-0.2, 0) is 0 Å². The van der Waals surface area contributed by atoms with Gasteiger partial charge in [-0.1, -0.05) is 0 Å². The zero-order chi connectivity index (χ0) is 16.2. The lowest BCUT2D eigenvalue weighted by Gasteiger charge is -2.18. The number of hydrogen-bond acceptors (Lipinski definition) is 5. The second-order valence-corrected chi connectivity index (χ2v) is 5.92. The standard InChI is InChI=1S/C17H20N4O2/c1-11(2)23-17-13(5-3-8-20-17)16(22)21-14(12-6-7-12)15-18-9-4-10-19-15/h3-5,8-12,14H,6-7H2,1-2H3,(H,21,22). The van der Waals surface area contributed by atoms with E-state index in [1.807, 2.05) is 13.8 Å². The highest BCUT2D eigenvalue weighted by molar-refractivity contribution is 5.96. The van der Waals surface area contributed by atoms with Crippen LogP contribution in [0.5, 0.6) is 5.88 Å². The molecule has 0 bridgehead atoms. The van der Waals surface area contributed by atoms with Gasteiger partial charge in [0.25, 0.3) is 5.91 Å². The van der Waals surface area contributed by atoms with Gasteiger partial charge >= 0.3 is 0 Å². The lowest BCUT2D eigenvalue weighted by molar-refractivity contribution is 0.0922. The van der Waals surface area contributed by atoms with Crippen LogP contribution < -0.4 is 10.1 Å². The summed E-state index contributed by atoms with van der Waals surface area (Å²) in [6, 6.07) is 5.05. The van der Waals surface area contributed by atoms with E-state index in [0.717, 1.165) is 12.8 Å². The van der Waals surface area contributed by atoms with Crippen molar-refractivity contribution in [2.24, 2.45) is 5.92 Å². The maximum atomic E-state index is 12.7. The number of ether oxygens (including phenoxy) is 1. The summed E-state index contributed by atoms with van der Waals surface area (Å²) in [7, 11) is 0. The summed E-state index contributed by atoms with van der Waals surface area (Å²) in [5.41, 5.74) is 0.433. The van der Waals surface area contributed by atoms with Crippen LogP contribution >= 0.6 is 0 Å². The van der Waals surface area contributed by atoms with E-state index in [0.29, 0.717) is 23.2 Å². The van der Waals surface area contributed by atoms with E-state index in [-0.39, 0.29) is 18.1 Å². The van der Waals surface area contributed by atoms with Crippen molar-refractivity contribution in [1.29, 1.82) is 0 Å². The van der Waals surface area contributed by atoms with Gasteiger partial charge in [-0.05, 0) is 50.8 Å². The Kier molecular flexibility index (Phi) is 4.50. The van der Waals surface area contributed by atoms with Crippen LogP contribution in [0.2, 0.25) is 0 Å². The van der Waals surface area contributed by atoms with Crippen LogP contribution in [0.1, 0.15) is 48.9 Å². The van der Waals surface area contributed by atoms with Crippen molar-refractivity contribution < 1.29 is 9.53 Å². The second-order valence-electron chi connectivity index (χ2n) is 5.92. The smallest absolute Gasteiger partial charge is 0.257 e. The third-order valence-electron chi connectivity index (χ3n) is 3.61. The zero-order valence-electron chi connectivity index (χ0n) is 13.3. The van der Waals surface area contributed by atoms with Crippen molar-refractivity contribution in [3.8, 4) is 5.88 Å². The number of carbonyl (C=O) groups is 1. The van der Waals surface area contributed by atoms with Gasteiger partial charge in [0, 0.05) is 18.6 Å². The Morgan fingerprint density at radius 2 is 1.87 bits per heavy atom. The zero-order valence-corrected chi connectivity index (χ0v) is 13.3. The molecule has 2 heterocycles. The summed E-state index contributed by atoms with van der Waals surface area (Å²) in [4.78, 5) is 25.4. The molecule has 1 aliphatic rings. The highest BCUT2D eigenvalue weighted by Gasteiger charge is 2.35. The Hall–Kier alpha value is -2.50. The van der Waals surface area contributed by atoms with Gasteiger partial charge in [-0.3, -0.25) is 4.79 Å². The third-order valence-corrected chi connectivity index (χ3v) is 3.61. The van der Waals surface area contributed by atoms with Crippen molar-refractivity contribution in [2.75, 3.05) is 0 Å². The number of nitrogens with one attached hydrogen (secondary N) is 1. The summed E-state index contributed by atoms with van der Waals surface area (Å²) in [6.45, 7) is 3.81. The predicted octanol–water partition coefficient (Wildman–Crippen LogP) is 2.54. The minimum absolute atomic E-state index is 0.0480. The normalized spacial score (nSPS) is 15.3. The summed E-state index contributed by atoms with van der Waals surface area (Å²) >= 11 is 0. The first kappa shape index (κ1) is 15.4. The van der Waals surface area contributed by atoms with Crippen LogP contribution in [0.4, 0.5) is 0 Å². The maximum Gasteiger partial charge on any atom is 0.257 e. The van der Waals surface area contributed by atoms with Crippen LogP contribution in [-0.4, -0.2) is 27.0 Å². The minimum atomic E-state index is -0.210. The first-order valence-corrected chi connectivity index (χ1v) is 7.84. The van der Waals surface area contributed by atoms with E-state index >= 15 is 0 Å². The molecule has 1 fully saturated rings. The van der Waals surface area contributed by atoms with Gasteiger partial charge in [0.1, 0.15) is 5.56 Å². The van der Waals surface area contributed by atoms with E-state index < -0.39 is 0 Å². The van der Waals surface area contributed by atoms with Crippen molar-refractivity contribution in [1.82, 2.24) is 20.3 Å². The van der Waals surface area contributed by atoms with Crippen molar-refractivity contribution in [3.05, 3.63) is 48.2 Å². The quantitative estimate of drug-likeness (QED) is 0.887. The molecular weight excluding hydrogens is 292 g/mol. The number of aromatic nitrogens is 3. The second kappa shape index (κ2) is 6.73. The molecule has 2 aromatic rings. The summed E-state index contributed by atoms with van der Waals surface area (Å²) in [5.74, 6) is 1.19. The SMILES string of the molecule is CC(C)Oc1ncccc1C(=O)NC(c1ncccn1)C1CC1. The van der Waals surface area contributed by atoms with E-state index in [2.05, 4.69) is 20.3 Å². The monoisotopic (exact) mass is 312 g/mol. The molecule has 0 saturated heterocycles. The highest BCUT2D eigenvalue weighted by Crippen LogP contribution is 2.40. The molecule has 0 aliphatic heterocycles. The number of pyridine rings is 1. The molecule has 0 radical (unpaired) electrons. The van der Waals surface area contributed by atoms with E-state index in [1.54, 1.807) is 36.8 Å². The van der Waals surface area contributed by atoms with Crippen molar-refractivity contribution >= 4 is 5.91 Å². The number of nitrogens with zero attached hydrogens (tertiary/aromatic N) is 3. The van der Waals surface area contributed by atoms with E-state index in [9.17, 15) is 4.79 Å². The Morgan fingerprint density at radius 1 is 1.17 bits per heavy atom. The first-order chi connectivity index (χ1) is 11.1. The number of rotatable bonds is 6. The molecule has 2 aromatic heterocycles. The fraction of sp³-hybridized carbons (Fsp3) is 0.412. The largest absolute Gasteiger partial charge is 0.474 e. The number of carbonyl (C=O) groups excluding carboxylic acids is 1. The summed E-state index contributed by atoms with van der Waals surface area (Å²) in [6.07, 6.45) is 7.11. The molecule has 1 N–H and O–H groups in total. The Bertz CT molecular complexity index is 671. The first-order valence-electron chi connectivity index (χ1n) is 7.84. The lowest BCUT2D eigenvalue weighted by atomic mass is 10.1. The Labute approximate surface area is 135 Å². The van der Waals surface area contributed by atoms with Crippen molar-refractivity contribution in [2.45, 2.75) is 38.8 Å². The minimum Gasteiger partial charge on any atom is -0.474 e. The summed E-state index contributed by atoms with van der Waals surface area (Å²) in [5, 5.41) is 3.04. The molecule has 0 spiro atoms. The molecule has 1 aliphatic carbocycles. The van der Waals surface area contributed by atoms with Crippen LogP contribution in [0.15, 0.2) is 36.8 Å². The fourth-order valence-electron chi connectivity index (χ4n) is 2.39. The molecule has 0 aromatic carbocycles. The number of amides is 1. The average molecular weight is 312 g/mol. The third kappa shape index (κ3) is 3.83. The molecule has 3 rings (SSSR count). The molecule has 1 atom stereocenters. The van der Waals surface area contributed by atoms with E-state index in [1.165, 1.54) is 0 Å². The van der Waals surface area contributed by atoms with Gasteiger partial charge < -0.3 is 10.1 Å². The van der Waals surface area contributed by atoms with Crippen LogP contribution in [0, 0.1) is 5.92 Å². The molecular formula is C17H20N4O2. The Morgan fingerprint density at radius 3 is 2.52 bits per heavy atom. The van der Waals surface area contributed by atoms with Gasteiger partial charge in [-0.25, -0.2) is 15.0 Å². The lowest BCUT2D eigenvalue weighted by Crippen LogP contribution is -2.31. The van der Waals surface area contributed by atoms with Crippen LogP contribution in [0.25, 0.3) is 0 Å². The van der Waals surface area contributed by atoms with Gasteiger partial charge in [-0.2, -0.15) is 0 Å². The van der Waals surface area contributed by atoms with Gasteiger partial charge in [0.15, 0.2) is 5.82 Å². The van der Waals surface area contributed by atoms with Gasteiger partial charge in [0.05, 0.1) is 12.1 Å². The molecule has 1 unspecified atom stereocenters. The molecule has 23 heavy (non-hydrogen) atoms. The van der Waals surface area contributed by atoms with Crippen molar-refractivity contribution in [3.63, 3.8) is 0 Å². The summed E-state index contributed by atoms with van der Waals surface area (Å²) < 4.78 is 5.63. The molecule has 6 heteroatoms. The van der Waals surface area contributed by atoms with E-state index in [4.69, 9.17) is 4.74 Å². The van der Waals surface area contributed by atoms with Gasteiger partial charge in [0.2, 0.25) is 5.88 Å². The predicted molar refractivity (Wildman–Crippen MR) is 85.0 cm³/mol. The highest BCUT2D eigenvalue weighted by atomic mass is 16.5. The molecule has 6 nitrogen and oxygen atoms in total. The maximum absolute atomic E-state index is 12.7. The topological polar surface area (TPSA) is 77.0 Å². The Balaban J connectivity index is 1.80. The average Bonchev–Trinajstić information content (AvgIpc) is 3.38. The molecule has 120 valence electrons. The number of hydrogen-bond donors (Lipinski definition) is 1. The molecule has 1 saturated carbocycles.